The highest BCUT2D eigenvalue weighted by Crippen LogP contribution is 2.31. The molecule has 1 aromatic rings. The first-order valence-corrected chi connectivity index (χ1v) is 6.98. The van der Waals surface area contributed by atoms with Crippen molar-refractivity contribution in [2.75, 3.05) is 13.7 Å². The Kier molecular flexibility index (Phi) is 4.30. The number of benzene rings is 1. The van der Waals surface area contributed by atoms with E-state index in [0.717, 1.165) is 15.8 Å². The van der Waals surface area contributed by atoms with Crippen LogP contribution in [0.15, 0.2) is 22.7 Å². The Morgan fingerprint density at radius 1 is 1.56 bits per heavy atom. The Hall–Kier alpha value is -0.580. The van der Waals surface area contributed by atoms with E-state index in [4.69, 9.17) is 9.47 Å². The summed E-state index contributed by atoms with van der Waals surface area (Å²) in [5.41, 5.74) is 0.463. The normalized spacial score (nSPS) is 28.1. The van der Waals surface area contributed by atoms with Crippen LogP contribution in [-0.4, -0.2) is 30.5 Å². The lowest BCUT2D eigenvalue weighted by Gasteiger charge is -2.35. The average molecular weight is 315 g/mol. The van der Waals surface area contributed by atoms with E-state index in [-0.39, 0.29) is 6.10 Å². The molecule has 0 aromatic heterocycles. The first-order valence-electron chi connectivity index (χ1n) is 6.19. The molecular weight excluding hydrogens is 296 g/mol. The van der Waals surface area contributed by atoms with Gasteiger partial charge in [0, 0.05) is 19.4 Å². The quantitative estimate of drug-likeness (QED) is 0.932. The predicted octanol–water partition coefficient (Wildman–Crippen LogP) is 2.93. The van der Waals surface area contributed by atoms with Crippen LogP contribution >= 0.6 is 15.9 Å². The molecule has 0 amide bonds. The third kappa shape index (κ3) is 3.25. The molecule has 1 aliphatic heterocycles. The van der Waals surface area contributed by atoms with E-state index in [2.05, 4.69) is 15.9 Å². The lowest BCUT2D eigenvalue weighted by molar-refractivity contribution is -0.0961. The van der Waals surface area contributed by atoms with E-state index in [1.165, 1.54) is 0 Å². The lowest BCUT2D eigenvalue weighted by Crippen LogP contribution is -2.41. The summed E-state index contributed by atoms with van der Waals surface area (Å²) >= 11 is 3.47. The zero-order valence-corrected chi connectivity index (χ0v) is 12.4. The molecule has 1 saturated heterocycles. The topological polar surface area (TPSA) is 38.7 Å². The van der Waals surface area contributed by atoms with Crippen molar-refractivity contribution in [3.63, 3.8) is 0 Å². The minimum Gasteiger partial charge on any atom is -0.496 e. The molecule has 3 nitrogen and oxygen atoms in total. The van der Waals surface area contributed by atoms with E-state index >= 15 is 0 Å². The van der Waals surface area contributed by atoms with Gasteiger partial charge >= 0.3 is 0 Å². The maximum Gasteiger partial charge on any atom is 0.133 e. The molecule has 18 heavy (non-hydrogen) atoms. The Morgan fingerprint density at radius 2 is 2.33 bits per heavy atom. The number of hydrogen-bond donors (Lipinski definition) is 1. The highest BCUT2D eigenvalue weighted by molar-refractivity contribution is 9.10. The van der Waals surface area contributed by atoms with Crippen LogP contribution in [0, 0.1) is 0 Å². The van der Waals surface area contributed by atoms with Crippen LogP contribution in [-0.2, 0) is 11.2 Å². The number of hydrogen-bond acceptors (Lipinski definition) is 3. The van der Waals surface area contributed by atoms with Crippen molar-refractivity contribution < 1.29 is 14.6 Å². The zero-order valence-electron chi connectivity index (χ0n) is 10.8. The number of rotatable bonds is 3. The summed E-state index contributed by atoms with van der Waals surface area (Å²) in [6, 6.07) is 5.93. The molecule has 0 saturated carbocycles. The number of methoxy groups -OCH3 is 1. The monoisotopic (exact) mass is 314 g/mol. The third-order valence-electron chi connectivity index (χ3n) is 3.39. The molecule has 0 spiro atoms. The fourth-order valence-electron chi connectivity index (χ4n) is 2.51. The van der Waals surface area contributed by atoms with Gasteiger partial charge in [-0.05, 0) is 47.0 Å². The molecule has 2 atom stereocenters. The van der Waals surface area contributed by atoms with Gasteiger partial charge in [-0.3, -0.25) is 0 Å². The van der Waals surface area contributed by atoms with Crippen molar-refractivity contribution in [3.05, 3.63) is 28.2 Å². The maximum absolute atomic E-state index is 10.6. The van der Waals surface area contributed by atoms with Gasteiger partial charge in [0.2, 0.25) is 0 Å². The van der Waals surface area contributed by atoms with Crippen molar-refractivity contribution in [1.82, 2.24) is 0 Å². The van der Waals surface area contributed by atoms with Gasteiger partial charge in [-0.25, -0.2) is 0 Å². The van der Waals surface area contributed by atoms with Crippen molar-refractivity contribution >= 4 is 15.9 Å². The molecule has 2 unspecified atom stereocenters. The van der Waals surface area contributed by atoms with Crippen molar-refractivity contribution in [3.8, 4) is 5.75 Å². The van der Waals surface area contributed by atoms with Gasteiger partial charge < -0.3 is 14.6 Å². The molecule has 1 aromatic carbocycles. The first-order chi connectivity index (χ1) is 8.52. The van der Waals surface area contributed by atoms with Gasteiger partial charge in [0.1, 0.15) is 5.75 Å². The van der Waals surface area contributed by atoms with Crippen LogP contribution in [0.25, 0.3) is 0 Å². The standard InChI is InChI=1S/C14H19BrO3/c1-10-8-14(16,5-6-18-10)9-11-3-4-13(17-2)12(15)7-11/h3-4,7,10,16H,5-6,8-9H2,1-2H3. The van der Waals surface area contributed by atoms with E-state index in [9.17, 15) is 5.11 Å². The van der Waals surface area contributed by atoms with Crippen molar-refractivity contribution in [2.45, 2.75) is 37.9 Å². The van der Waals surface area contributed by atoms with E-state index in [1.807, 2.05) is 25.1 Å². The lowest BCUT2D eigenvalue weighted by atomic mass is 9.85. The van der Waals surface area contributed by atoms with Crippen LogP contribution in [0.1, 0.15) is 25.3 Å². The molecule has 1 N–H and O–H groups in total. The summed E-state index contributed by atoms with van der Waals surface area (Å²) in [5, 5.41) is 10.6. The summed E-state index contributed by atoms with van der Waals surface area (Å²) < 4.78 is 11.6. The second-order valence-corrected chi connectivity index (χ2v) is 5.86. The van der Waals surface area contributed by atoms with Gasteiger partial charge in [0.15, 0.2) is 0 Å². The molecule has 0 radical (unpaired) electrons. The highest BCUT2D eigenvalue weighted by Gasteiger charge is 2.33. The number of ether oxygens (including phenoxy) is 2. The van der Waals surface area contributed by atoms with Crippen LogP contribution in [0.5, 0.6) is 5.75 Å². The molecule has 100 valence electrons. The molecule has 1 aliphatic rings. The molecule has 1 heterocycles. The van der Waals surface area contributed by atoms with Gasteiger partial charge in [-0.2, -0.15) is 0 Å². The fraction of sp³-hybridized carbons (Fsp3) is 0.571. The summed E-state index contributed by atoms with van der Waals surface area (Å²) in [6.07, 6.45) is 2.17. The maximum atomic E-state index is 10.6. The third-order valence-corrected chi connectivity index (χ3v) is 4.01. The summed E-state index contributed by atoms with van der Waals surface area (Å²) in [6.45, 7) is 2.64. The summed E-state index contributed by atoms with van der Waals surface area (Å²) in [4.78, 5) is 0. The van der Waals surface area contributed by atoms with Crippen LogP contribution in [0.4, 0.5) is 0 Å². The molecule has 0 aliphatic carbocycles. The van der Waals surface area contributed by atoms with Crippen LogP contribution in [0.3, 0.4) is 0 Å². The predicted molar refractivity (Wildman–Crippen MR) is 74.0 cm³/mol. The van der Waals surface area contributed by atoms with Gasteiger partial charge in [-0.1, -0.05) is 6.07 Å². The Balaban J connectivity index is 2.11. The zero-order chi connectivity index (χ0) is 13.2. The van der Waals surface area contributed by atoms with E-state index in [0.29, 0.717) is 25.9 Å². The largest absolute Gasteiger partial charge is 0.496 e. The second-order valence-electron chi connectivity index (χ2n) is 5.01. The van der Waals surface area contributed by atoms with Crippen LogP contribution in [0.2, 0.25) is 0 Å². The smallest absolute Gasteiger partial charge is 0.133 e. The molecule has 1 fully saturated rings. The Labute approximate surface area is 116 Å². The molecule has 4 heteroatoms. The SMILES string of the molecule is COc1ccc(CC2(O)CCOC(C)C2)cc1Br. The molecule has 0 bridgehead atoms. The minimum absolute atomic E-state index is 0.130. The summed E-state index contributed by atoms with van der Waals surface area (Å²) in [5.74, 6) is 0.811. The van der Waals surface area contributed by atoms with Gasteiger partial charge in [0.05, 0.1) is 23.3 Å². The molecular formula is C14H19BrO3. The van der Waals surface area contributed by atoms with Crippen LogP contribution < -0.4 is 4.74 Å². The number of halogens is 1. The Bertz CT molecular complexity index is 422. The second kappa shape index (κ2) is 5.59. The number of aliphatic hydroxyl groups is 1. The van der Waals surface area contributed by atoms with E-state index in [1.54, 1.807) is 7.11 Å². The van der Waals surface area contributed by atoms with Gasteiger partial charge in [0.25, 0.3) is 0 Å². The fourth-order valence-corrected chi connectivity index (χ4v) is 3.09. The summed E-state index contributed by atoms with van der Waals surface area (Å²) in [7, 11) is 1.65. The Morgan fingerprint density at radius 3 is 2.94 bits per heavy atom. The average Bonchev–Trinajstić information content (AvgIpc) is 2.28. The van der Waals surface area contributed by atoms with E-state index < -0.39 is 5.60 Å². The van der Waals surface area contributed by atoms with Crippen molar-refractivity contribution in [2.24, 2.45) is 0 Å². The minimum atomic E-state index is -0.647. The highest BCUT2D eigenvalue weighted by atomic mass is 79.9. The van der Waals surface area contributed by atoms with Gasteiger partial charge in [-0.15, -0.1) is 0 Å². The van der Waals surface area contributed by atoms with Crippen molar-refractivity contribution in [1.29, 1.82) is 0 Å². The molecule has 2 rings (SSSR count). The first kappa shape index (κ1) is 13.8.